The monoisotopic (exact) mass is 478 g/mol. The van der Waals surface area contributed by atoms with E-state index < -0.39 is 11.8 Å². The van der Waals surface area contributed by atoms with Gasteiger partial charge in [-0.25, -0.2) is 0 Å². The fourth-order valence-corrected chi connectivity index (χ4v) is 3.69. The summed E-state index contributed by atoms with van der Waals surface area (Å²) in [5, 5.41) is 4.15. The first-order chi connectivity index (χ1) is 15.1. The lowest BCUT2D eigenvalue weighted by Crippen LogP contribution is -2.45. The second-order valence-corrected chi connectivity index (χ2v) is 7.57. The molecule has 0 unspecified atom stereocenters. The molecule has 4 aromatic rings. The maximum absolute atomic E-state index is 12.0. The van der Waals surface area contributed by atoms with Crippen LogP contribution in [0.15, 0.2) is 83.3 Å². The Kier molecular flexibility index (Phi) is 6.33. The molecule has 7 heteroatoms. The van der Waals surface area contributed by atoms with Gasteiger partial charge in [-0.2, -0.15) is 0 Å². The summed E-state index contributed by atoms with van der Waals surface area (Å²) in [6.07, 6.45) is 0. The van der Waals surface area contributed by atoms with E-state index in [4.69, 9.17) is 9.47 Å². The zero-order valence-corrected chi connectivity index (χ0v) is 18.0. The van der Waals surface area contributed by atoms with Gasteiger partial charge in [0.1, 0.15) is 11.5 Å². The molecule has 0 aromatic heterocycles. The molecule has 2 amide bonds. The molecular weight excluding hydrogens is 460 g/mol. The van der Waals surface area contributed by atoms with Crippen molar-refractivity contribution < 1.29 is 19.1 Å². The molecule has 0 saturated heterocycles. The van der Waals surface area contributed by atoms with E-state index in [2.05, 4.69) is 26.8 Å². The Morgan fingerprint density at radius 1 is 0.710 bits per heavy atom. The van der Waals surface area contributed by atoms with Gasteiger partial charge < -0.3 is 9.47 Å². The largest absolute Gasteiger partial charge is 0.484 e. The number of hydrogen-bond acceptors (Lipinski definition) is 4. The van der Waals surface area contributed by atoms with Gasteiger partial charge in [-0.3, -0.25) is 20.4 Å². The summed E-state index contributed by atoms with van der Waals surface area (Å²) in [6, 6.07) is 25.0. The predicted octanol–water partition coefficient (Wildman–Crippen LogP) is 4.36. The highest BCUT2D eigenvalue weighted by atomic mass is 79.9. The molecule has 156 valence electrons. The van der Waals surface area contributed by atoms with Crippen molar-refractivity contribution in [3.8, 4) is 11.5 Å². The third-order valence-electron chi connectivity index (χ3n) is 4.62. The molecule has 4 aromatic carbocycles. The molecule has 31 heavy (non-hydrogen) atoms. The SMILES string of the molecule is O=C(COc1ccc2ccccc2c1)NNC(=O)COc1ccc2ccccc2c1Br. The lowest BCUT2D eigenvalue weighted by molar-refractivity contribution is -0.131. The Morgan fingerprint density at radius 2 is 1.32 bits per heavy atom. The number of amides is 2. The topological polar surface area (TPSA) is 76.7 Å². The molecule has 0 fully saturated rings. The van der Waals surface area contributed by atoms with Crippen LogP contribution in [0.1, 0.15) is 0 Å². The van der Waals surface area contributed by atoms with Gasteiger partial charge in [0.25, 0.3) is 11.8 Å². The lowest BCUT2D eigenvalue weighted by atomic mass is 10.1. The maximum Gasteiger partial charge on any atom is 0.276 e. The molecule has 0 heterocycles. The number of carbonyl (C=O) groups excluding carboxylic acids is 2. The minimum absolute atomic E-state index is 0.226. The zero-order chi connectivity index (χ0) is 21.6. The third kappa shape index (κ3) is 5.13. The molecule has 0 aliphatic heterocycles. The molecule has 0 bridgehead atoms. The Bertz CT molecular complexity index is 1260. The van der Waals surface area contributed by atoms with E-state index in [-0.39, 0.29) is 13.2 Å². The van der Waals surface area contributed by atoms with E-state index in [0.29, 0.717) is 11.5 Å². The molecule has 6 nitrogen and oxygen atoms in total. The van der Waals surface area contributed by atoms with Gasteiger partial charge in [-0.1, -0.05) is 60.7 Å². The average molecular weight is 479 g/mol. The summed E-state index contributed by atoms with van der Waals surface area (Å²) < 4.78 is 11.8. The van der Waals surface area contributed by atoms with Crippen molar-refractivity contribution in [1.29, 1.82) is 0 Å². The number of rotatable bonds is 6. The third-order valence-corrected chi connectivity index (χ3v) is 5.44. The Labute approximate surface area is 187 Å². The number of fused-ring (bicyclic) bond motifs is 2. The molecule has 0 aliphatic rings. The van der Waals surface area contributed by atoms with Crippen molar-refractivity contribution in [3.63, 3.8) is 0 Å². The normalized spacial score (nSPS) is 10.6. The smallest absolute Gasteiger partial charge is 0.276 e. The summed E-state index contributed by atoms with van der Waals surface area (Å²) in [6.45, 7) is -0.474. The van der Waals surface area contributed by atoms with Crippen molar-refractivity contribution in [3.05, 3.63) is 83.3 Å². The van der Waals surface area contributed by atoms with Crippen molar-refractivity contribution >= 4 is 49.3 Å². The zero-order valence-electron chi connectivity index (χ0n) is 16.4. The maximum atomic E-state index is 12.0. The van der Waals surface area contributed by atoms with Gasteiger partial charge >= 0.3 is 0 Å². The minimum atomic E-state index is -0.487. The van der Waals surface area contributed by atoms with Crippen LogP contribution >= 0.6 is 15.9 Å². The number of ether oxygens (including phenoxy) is 2. The van der Waals surface area contributed by atoms with Crippen molar-refractivity contribution in [1.82, 2.24) is 10.9 Å². The molecule has 2 N–H and O–H groups in total. The van der Waals surface area contributed by atoms with Crippen LogP contribution < -0.4 is 20.3 Å². The lowest BCUT2D eigenvalue weighted by Gasteiger charge is -2.12. The van der Waals surface area contributed by atoms with Gasteiger partial charge in [0.15, 0.2) is 13.2 Å². The van der Waals surface area contributed by atoms with Crippen LogP contribution in [0.3, 0.4) is 0 Å². The molecule has 0 spiro atoms. The highest BCUT2D eigenvalue weighted by Gasteiger charge is 2.10. The van der Waals surface area contributed by atoms with Crippen LogP contribution in [-0.4, -0.2) is 25.0 Å². The van der Waals surface area contributed by atoms with Crippen LogP contribution in [-0.2, 0) is 9.59 Å². The first-order valence-electron chi connectivity index (χ1n) is 9.59. The number of hydrazine groups is 1. The van der Waals surface area contributed by atoms with Crippen molar-refractivity contribution in [2.24, 2.45) is 0 Å². The molecule has 0 aliphatic carbocycles. The first-order valence-corrected chi connectivity index (χ1v) is 10.4. The fourth-order valence-electron chi connectivity index (χ4n) is 3.09. The summed E-state index contributed by atoms with van der Waals surface area (Å²) in [5.41, 5.74) is 4.63. The molecule has 0 saturated carbocycles. The molecular formula is C24H19BrN2O4. The van der Waals surface area contributed by atoms with Gasteiger partial charge in [-0.15, -0.1) is 0 Å². The molecule has 0 radical (unpaired) electrons. The summed E-state index contributed by atoms with van der Waals surface area (Å²) in [5.74, 6) is 0.150. The van der Waals surface area contributed by atoms with Gasteiger partial charge in [0, 0.05) is 0 Å². The quantitative estimate of drug-likeness (QED) is 0.403. The highest BCUT2D eigenvalue weighted by Crippen LogP contribution is 2.32. The van der Waals surface area contributed by atoms with E-state index in [1.807, 2.05) is 66.7 Å². The molecule has 0 atom stereocenters. The summed E-state index contributed by atoms with van der Waals surface area (Å²) >= 11 is 3.51. The van der Waals surface area contributed by atoms with Crippen molar-refractivity contribution in [2.45, 2.75) is 0 Å². The highest BCUT2D eigenvalue weighted by molar-refractivity contribution is 9.10. The fraction of sp³-hybridized carbons (Fsp3) is 0.0833. The number of halogens is 1. The summed E-state index contributed by atoms with van der Waals surface area (Å²) in [4.78, 5) is 24.0. The minimum Gasteiger partial charge on any atom is -0.484 e. The Morgan fingerprint density at radius 3 is 2.10 bits per heavy atom. The van der Waals surface area contributed by atoms with E-state index in [9.17, 15) is 9.59 Å². The van der Waals surface area contributed by atoms with Crippen molar-refractivity contribution in [2.75, 3.05) is 13.2 Å². The van der Waals surface area contributed by atoms with Gasteiger partial charge in [0.2, 0.25) is 0 Å². The van der Waals surface area contributed by atoms with Crippen LogP contribution in [0.25, 0.3) is 21.5 Å². The van der Waals surface area contributed by atoms with E-state index in [1.165, 1.54) is 0 Å². The number of nitrogens with one attached hydrogen (secondary N) is 2. The van der Waals surface area contributed by atoms with E-state index in [0.717, 1.165) is 26.0 Å². The Balaban J connectivity index is 1.24. The predicted molar refractivity (Wildman–Crippen MR) is 123 cm³/mol. The second kappa shape index (κ2) is 9.49. The molecule has 4 rings (SSSR count). The number of hydrogen-bond donors (Lipinski definition) is 2. The van der Waals surface area contributed by atoms with Gasteiger partial charge in [0.05, 0.1) is 4.47 Å². The van der Waals surface area contributed by atoms with Crippen LogP contribution in [0.2, 0.25) is 0 Å². The van der Waals surface area contributed by atoms with Gasteiger partial charge in [-0.05, 0) is 55.7 Å². The standard InChI is InChI=1S/C24H19BrN2O4/c25-24-20-8-4-3-6-17(20)10-12-21(24)31-15-23(29)27-26-22(28)14-30-19-11-9-16-5-1-2-7-18(16)13-19/h1-13H,14-15H2,(H,26,28)(H,27,29). The number of carbonyl (C=O) groups is 2. The number of benzene rings is 4. The Hall–Kier alpha value is -3.58. The van der Waals surface area contributed by atoms with Crippen LogP contribution in [0.5, 0.6) is 11.5 Å². The van der Waals surface area contributed by atoms with Crippen LogP contribution in [0.4, 0.5) is 0 Å². The average Bonchev–Trinajstić information content (AvgIpc) is 2.81. The van der Waals surface area contributed by atoms with Crippen LogP contribution in [0, 0.1) is 0 Å². The second-order valence-electron chi connectivity index (χ2n) is 6.78. The van der Waals surface area contributed by atoms with E-state index >= 15 is 0 Å². The summed E-state index contributed by atoms with van der Waals surface area (Å²) in [7, 11) is 0. The first kappa shape index (κ1) is 20.7. The van der Waals surface area contributed by atoms with E-state index in [1.54, 1.807) is 12.1 Å².